The minimum Gasteiger partial charge on any atom is -0.0654 e. The first-order valence-electron chi connectivity index (χ1n) is 6.56. The van der Waals surface area contributed by atoms with E-state index in [0.29, 0.717) is 0 Å². The number of hydrogen-bond donors (Lipinski definition) is 0. The lowest BCUT2D eigenvalue weighted by Gasteiger charge is -2.48. The van der Waals surface area contributed by atoms with E-state index in [4.69, 9.17) is 0 Å². The van der Waals surface area contributed by atoms with Gasteiger partial charge in [0.25, 0.3) is 0 Å². The number of rotatable bonds is 4. The fourth-order valence-electron chi connectivity index (χ4n) is 3.82. The van der Waals surface area contributed by atoms with Crippen molar-refractivity contribution in [3.8, 4) is 0 Å². The molecule has 0 spiro atoms. The summed E-state index contributed by atoms with van der Waals surface area (Å²) in [5, 5.41) is 0. The van der Waals surface area contributed by atoms with Crippen LogP contribution in [0.5, 0.6) is 0 Å². The van der Waals surface area contributed by atoms with Crippen LogP contribution in [0.1, 0.15) is 59.8 Å². The molecular weight excluding hydrogens is 168 g/mol. The van der Waals surface area contributed by atoms with Crippen LogP contribution in [0.25, 0.3) is 0 Å². The summed E-state index contributed by atoms with van der Waals surface area (Å²) in [4.78, 5) is 0. The topological polar surface area (TPSA) is 0 Å². The van der Waals surface area contributed by atoms with Crippen molar-refractivity contribution >= 4 is 0 Å². The van der Waals surface area contributed by atoms with Gasteiger partial charge < -0.3 is 0 Å². The fourth-order valence-corrected chi connectivity index (χ4v) is 3.82. The van der Waals surface area contributed by atoms with Crippen LogP contribution >= 0.6 is 0 Å². The van der Waals surface area contributed by atoms with E-state index in [1.54, 1.807) is 0 Å². The van der Waals surface area contributed by atoms with Crippen LogP contribution in [-0.4, -0.2) is 0 Å². The van der Waals surface area contributed by atoms with E-state index in [9.17, 15) is 0 Å². The van der Waals surface area contributed by atoms with Crippen molar-refractivity contribution in [3.05, 3.63) is 0 Å². The molecule has 0 radical (unpaired) electrons. The molecule has 0 saturated heterocycles. The lowest BCUT2D eigenvalue weighted by atomic mass is 9.57. The first-order chi connectivity index (χ1) is 6.56. The van der Waals surface area contributed by atoms with Gasteiger partial charge in [0.1, 0.15) is 0 Å². The summed E-state index contributed by atoms with van der Waals surface area (Å²) in [6.45, 7) is 9.75. The molecule has 2 saturated carbocycles. The Morgan fingerprint density at radius 3 is 2.36 bits per heavy atom. The quantitative estimate of drug-likeness (QED) is 0.618. The molecule has 3 atom stereocenters. The van der Waals surface area contributed by atoms with Crippen molar-refractivity contribution in [2.45, 2.75) is 59.8 Å². The Morgan fingerprint density at radius 1 is 1.36 bits per heavy atom. The van der Waals surface area contributed by atoms with Crippen LogP contribution in [0.2, 0.25) is 0 Å². The molecule has 2 rings (SSSR count). The molecular formula is C14H26. The normalized spacial score (nSPS) is 48.4. The van der Waals surface area contributed by atoms with E-state index in [2.05, 4.69) is 27.7 Å². The molecule has 2 aliphatic rings. The molecule has 0 aromatic heterocycles. The molecule has 0 aliphatic heterocycles. The van der Waals surface area contributed by atoms with Gasteiger partial charge in [-0.3, -0.25) is 0 Å². The van der Waals surface area contributed by atoms with E-state index in [-0.39, 0.29) is 0 Å². The minimum absolute atomic E-state index is 0.728. The second-order valence-corrected chi connectivity index (χ2v) is 6.46. The Bertz CT molecular complexity index is 200. The first-order valence-corrected chi connectivity index (χ1v) is 6.56. The minimum atomic E-state index is 0.728. The zero-order valence-corrected chi connectivity index (χ0v) is 10.3. The van der Waals surface area contributed by atoms with Gasteiger partial charge in [0.05, 0.1) is 0 Å². The van der Waals surface area contributed by atoms with Crippen molar-refractivity contribution < 1.29 is 0 Å². The van der Waals surface area contributed by atoms with Gasteiger partial charge in [-0.05, 0) is 54.8 Å². The van der Waals surface area contributed by atoms with Crippen LogP contribution in [0.3, 0.4) is 0 Å². The monoisotopic (exact) mass is 194 g/mol. The summed E-state index contributed by atoms with van der Waals surface area (Å²) in [6, 6.07) is 0. The highest BCUT2D eigenvalue weighted by molar-refractivity contribution is 4.97. The van der Waals surface area contributed by atoms with Crippen molar-refractivity contribution in [2.24, 2.45) is 29.1 Å². The molecule has 2 fully saturated rings. The van der Waals surface area contributed by atoms with Crippen molar-refractivity contribution in [3.63, 3.8) is 0 Å². The summed E-state index contributed by atoms with van der Waals surface area (Å²) < 4.78 is 0. The summed E-state index contributed by atoms with van der Waals surface area (Å²) in [5.41, 5.74) is 0.728. The van der Waals surface area contributed by atoms with Crippen molar-refractivity contribution in [1.29, 1.82) is 0 Å². The second-order valence-electron chi connectivity index (χ2n) is 6.46. The maximum Gasteiger partial charge on any atom is -0.0320 e. The molecule has 0 aromatic rings. The second kappa shape index (κ2) is 3.54. The molecule has 0 nitrogen and oxygen atoms in total. The van der Waals surface area contributed by atoms with E-state index < -0.39 is 0 Å². The van der Waals surface area contributed by atoms with Gasteiger partial charge in [0.2, 0.25) is 0 Å². The van der Waals surface area contributed by atoms with Crippen LogP contribution in [0, 0.1) is 29.1 Å². The maximum absolute atomic E-state index is 2.50. The molecule has 82 valence electrons. The average molecular weight is 194 g/mol. The molecule has 3 unspecified atom stereocenters. The van der Waals surface area contributed by atoms with Gasteiger partial charge in [-0.2, -0.15) is 0 Å². The third-order valence-corrected chi connectivity index (χ3v) is 4.95. The molecule has 14 heavy (non-hydrogen) atoms. The fraction of sp³-hybridized carbons (Fsp3) is 1.00. The molecule has 0 heteroatoms. The summed E-state index contributed by atoms with van der Waals surface area (Å²) >= 11 is 0. The van der Waals surface area contributed by atoms with Crippen molar-refractivity contribution in [2.75, 3.05) is 0 Å². The average Bonchev–Trinajstić information content (AvgIpc) is 2.77. The first kappa shape index (κ1) is 10.5. The molecule has 0 amide bonds. The molecule has 2 aliphatic carbocycles. The molecule has 0 bridgehead atoms. The smallest absolute Gasteiger partial charge is 0.0320 e. The largest absolute Gasteiger partial charge is 0.0654 e. The summed E-state index contributed by atoms with van der Waals surface area (Å²) in [5.74, 6) is 4.23. The third kappa shape index (κ3) is 1.85. The highest BCUT2D eigenvalue weighted by atomic mass is 14.5. The maximum atomic E-state index is 2.50. The molecule has 0 heterocycles. The Morgan fingerprint density at radius 2 is 1.93 bits per heavy atom. The van der Waals surface area contributed by atoms with Gasteiger partial charge >= 0.3 is 0 Å². The summed E-state index contributed by atoms with van der Waals surface area (Å²) in [6.07, 6.45) is 7.38. The van der Waals surface area contributed by atoms with Gasteiger partial charge in [-0.15, -0.1) is 0 Å². The zero-order chi connectivity index (χ0) is 10.3. The van der Waals surface area contributed by atoms with E-state index in [1.807, 2.05) is 0 Å². The van der Waals surface area contributed by atoms with E-state index in [0.717, 1.165) is 29.1 Å². The summed E-state index contributed by atoms with van der Waals surface area (Å²) in [7, 11) is 0. The van der Waals surface area contributed by atoms with Crippen LogP contribution < -0.4 is 0 Å². The van der Waals surface area contributed by atoms with E-state index >= 15 is 0 Å². The zero-order valence-electron chi connectivity index (χ0n) is 10.3. The highest BCUT2D eigenvalue weighted by Crippen LogP contribution is 2.57. The van der Waals surface area contributed by atoms with E-state index in [1.165, 1.54) is 32.1 Å². The standard InChI is InChI=1S/C14H26/c1-5-6-14(4)8-12(9-14)11(3)13-7-10(13)2/h10-13H,5-9H2,1-4H3. The SMILES string of the molecule is CCCC1(C)CC(C(C)C2CC2C)C1. The lowest BCUT2D eigenvalue weighted by Crippen LogP contribution is -2.38. The predicted octanol–water partition coefficient (Wildman–Crippen LogP) is 4.49. The Hall–Kier alpha value is 0. The van der Waals surface area contributed by atoms with Crippen LogP contribution in [0.15, 0.2) is 0 Å². The lowest BCUT2D eigenvalue weighted by molar-refractivity contribution is 0.0213. The van der Waals surface area contributed by atoms with Crippen molar-refractivity contribution in [1.82, 2.24) is 0 Å². The Labute approximate surface area is 89.5 Å². The van der Waals surface area contributed by atoms with Gasteiger partial charge in [-0.25, -0.2) is 0 Å². The predicted molar refractivity (Wildman–Crippen MR) is 62.2 cm³/mol. The van der Waals surface area contributed by atoms with Gasteiger partial charge in [0.15, 0.2) is 0 Å². The Kier molecular flexibility index (Phi) is 2.66. The third-order valence-electron chi connectivity index (χ3n) is 4.95. The van der Waals surface area contributed by atoms with Crippen LogP contribution in [0.4, 0.5) is 0 Å². The van der Waals surface area contributed by atoms with Gasteiger partial charge in [-0.1, -0.05) is 34.1 Å². The molecule has 0 N–H and O–H groups in total. The highest BCUT2D eigenvalue weighted by Gasteiger charge is 2.47. The Balaban J connectivity index is 1.76. The number of hydrogen-bond acceptors (Lipinski definition) is 0. The molecule has 0 aromatic carbocycles. The van der Waals surface area contributed by atoms with Crippen LogP contribution in [-0.2, 0) is 0 Å². The van der Waals surface area contributed by atoms with Gasteiger partial charge in [0, 0.05) is 0 Å².